The number of ether oxygens (including phenoxy) is 1. The molecule has 1 atom stereocenters. The summed E-state index contributed by atoms with van der Waals surface area (Å²) in [6.07, 6.45) is 7.12. The highest BCUT2D eigenvalue weighted by atomic mass is 32.1. The lowest BCUT2D eigenvalue weighted by Crippen LogP contribution is -2.22. The molecule has 0 aliphatic carbocycles. The van der Waals surface area contributed by atoms with Crippen molar-refractivity contribution in [2.24, 2.45) is 0 Å². The SMILES string of the molecule is c1cc2sccc2c(NCCC2CCCCO2)n1. The number of nitrogens with zero attached hydrogens (tertiary/aromatic N) is 1. The molecule has 0 saturated carbocycles. The van der Waals surface area contributed by atoms with Crippen LogP contribution in [0.25, 0.3) is 10.1 Å². The van der Waals surface area contributed by atoms with Crippen molar-refractivity contribution in [3.63, 3.8) is 0 Å². The Bertz CT molecular complexity index is 505. The molecular formula is C14H18N2OS. The first-order valence-electron chi connectivity index (χ1n) is 6.61. The Balaban J connectivity index is 1.57. The van der Waals surface area contributed by atoms with E-state index in [-0.39, 0.29) is 0 Å². The number of fused-ring (bicyclic) bond motifs is 1. The molecule has 18 heavy (non-hydrogen) atoms. The Morgan fingerprint density at radius 3 is 3.28 bits per heavy atom. The van der Waals surface area contributed by atoms with Gasteiger partial charge in [-0.3, -0.25) is 0 Å². The number of rotatable bonds is 4. The standard InChI is InChI=1S/C14H18N2OS/c1-2-9-17-11(3-1)4-7-15-14-12-6-10-18-13(12)5-8-16-14/h5-6,8,10-11H,1-4,7,9H2,(H,15,16). The molecule has 1 aliphatic heterocycles. The van der Waals surface area contributed by atoms with Crippen LogP contribution in [0.15, 0.2) is 23.7 Å². The second-order valence-electron chi connectivity index (χ2n) is 4.70. The number of anilines is 1. The average Bonchev–Trinajstić information content (AvgIpc) is 2.89. The Morgan fingerprint density at radius 2 is 2.39 bits per heavy atom. The highest BCUT2D eigenvalue weighted by Crippen LogP contribution is 2.25. The monoisotopic (exact) mass is 262 g/mol. The van der Waals surface area contributed by atoms with Crippen LogP contribution in [0, 0.1) is 0 Å². The summed E-state index contributed by atoms with van der Waals surface area (Å²) in [5.41, 5.74) is 0. The molecular weight excluding hydrogens is 244 g/mol. The number of pyridine rings is 1. The van der Waals surface area contributed by atoms with E-state index in [1.54, 1.807) is 11.3 Å². The first kappa shape index (κ1) is 11.9. The van der Waals surface area contributed by atoms with Crippen LogP contribution in [-0.2, 0) is 4.74 Å². The fraction of sp³-hybridized carbons (Fsp3) is 0.500. The predicted molar refractivity (Wildman–Crippen MR) is 76.3 cm³/mol. The van der Waals surface area contributed by atoms with Crippen molar-refractivity contribution in [1.82, 2.24) is 4.98 Å². The number of aromatic nitrogens is 1. The zero-order chi connectivity index (χ0) is 12.2. The minimum absolute atomic E-state index is 0.438. The Morgan fingerprint density at radius 1 is 1.39 bits per heavy atom. The fourth-order valence-corrected chi connectivity index (χ4v) is 3.20. The molecule has 1 N–H and O–H groups in total. The summed E-state index contributed by atoms with van der Waals surface area (Å²) in [5, 5.41) is 6.78. The number of hydrogen-bond acceptors (Lipinski definition) is 4. The van der Waals surface area contributed by atoms with Crippen molar-refractivity contribution < 1.29 is 4.74 Å². The van der Waals surface area contributed by atoms with Crippen LogP contribution in [0.4, 0.5) is 5.82 Å². The van der Waals surface area contributed by atoms with E-state index in [1.807, 2.05) is 6.20 Å². The summed E-state index contributed by atoms with van der Waals surface area (Å²) < 4.78 is 7.02. The highest BCUT2D eigenvalue weighted by Gasteiger charge is 2.13. The summed E-state index contributed by atoms with van der Waals surface area (Å²) in [6.45, 7) is 1.87. The molecule has 0 spiro atoms. The smallest absolute Gasteiger partial charge is 0.134 e. The van der Waals surface area contributed by atoms with Crippen molar-refractivity contribution in [2.75, 3.05) is 18.5 Å². The van der Waals surface area contributed by atoms with Gasteiger partial charge in [-0.15, -0.1) is 11.3 Å². The van der Waals surface area contributed by atoms with Gasteiger partial charge in [0.2, 0.25) is 0 Å². The van der Waals surface area contributed by atoms with Crippen LogP contribution in [0.3, 0.4) is 0 Å². The Hall–Kier alpha value is -1.13. The van der Waals surface area contributed by atoms with Gasteiger partial charge >= 0.3 is 0 Å². The zero-order valence-corrected chi connectivity index (χ0v) is 11.2. The molecule has 2 aromatic rings. The molecule has 1 unspecified atom stereocenters. The topological polar surface area (TPSA) is 34.1 Å². The maximum atomic E-state index is 5.73. The second kappa shape index (κ2) is 5.67. The molecule has 96 valence electrons. The lowest BCUT2D eigenvalue weighted by molar-refractivity contribution is 0.0134. The van der Waals surface area contributed by atoms with Crippen LogP contribution in [-0.4, -0.2) is 24.2 Å². The van der Waals surface area contributed by atoms with Crippen LogP contribution in [0.5, 0.6) is 0 Å². The lowest BCUT2D eigenvalue weighted by atomic mass is 10.1. The number of hydrogen-bond donors (Lipinski definition) is 1. The molecule has 1 saturated heterocycles. The predicted octanol–water partition coefficient (Wildman–Crippen LogP) is 3.67. The van der Waals surface area contributed by atoms with E-state index < -0.39 is 0 Å². The molecule has 0 aromatic carbocycles. The molecule has 1 fully saturated rings. The number of nitrogens with one attached hydrogen (secondary N) is 1. The molecule has 0 bridgehead atoms. The van der Waals surface area contributed by atoms with Crippen molar-refractivity contribution >= 4 is 27.2 Å². The molecule has 3 rings (SSSR count). The third-order valence-electron chi connectivity index (χ3n) is 3.41. The van der Waals surface area contributed by atoms with Gasteiger partial charge in [0.25, 0.3) is 0 Å². The normalized spacial score (nSPS) is 20.1. The molecule has 3 nitrogen and oxygen atoms in total. The average molecular weight is 262 g/mol. The minimum atomic E-state index is 0.438. The molecule has 1 aliphatic rings. The zero-order valence-electron chi connectivity index (χ0n) is 10.4. The van der Waals surface area contributed by atoms with Gasteiger partial charge in [-0.05, 0) is 43.2 Å². The largest absolute Gasteiger partial charge is 0.378 e. The third kappa shape index (κ3) is 2.65. The van der Waals surface area contributed by atoms with Crippen LogP contribution in [0.1, 0.15) is 25.7 Å². The van der Waals surface area contributed by atoms with E-state index in [0.717, 1.165) is 25.4 Å². The van der Waals surface area contributed by atoms with Gasteiger partial charge in [-0.1, -0.05) is 0 Å². The first-order valence-corrected chi connectivity index (χ1v) is 7.49. The van der Waals surface area contributed by atoms with Crippen molar-refractivity contribution in [3.05, 3.63) is 23.7 Å². The maximum Gasteiger partial charge on any atom is 0.134 e. The van der Waals surface area contributed by atoms with Crippen LogP contribution in [0.2, 0.25) is 0 Å². The summed E-state index contributed by atoms with van der Waals surface area (Å²) in [6, 6.07) is 4.20. The van der Waals surface area contributed by atoms with Crippen molar-refractivity contribution in [3.8, 4) is 0 Å². The minimum Gasteiger partial charge on any atom is -0.378 e. The van der Waals surface area contributed by atoms with E-state index in [0.29, 0.717) is 6.10 Å². The van der Waals surface area contributed by atoms with Crippen LogP contribution < -0.4 is 5.32 Å². The van der Waals surface area contributed by atoms with Crippen molar-refractivity contribution in [2.45, 2.75) is 31.8 Å². The van der Waals surface area contributed by atoms with Gasteiger partial charge in [0.15, 0.2) is 0 Å². The van der Waals surface area contributed by atoms with E-state index in [2.05, 4.69) is 27.8 Å². The van der Waals surface area contributed by atoms with E-state index in [1.165, 1.54) is 29.3 Å². The third-order valence-corrected chi connectivity index (χ3v) is 4.29. The van der Waals surface area contributed by atoms with Gasteiger partial charge in [0.05, 0.1) is 6.10 Å². The Kier molecular flexibility index (Phi) is 3.76. The molecule has 2 aromatic heterocycles. The maximum absolute atomic E-state index is 5.73. The van der Waals surface area contributed by atoms with Gasteiger partial charge in [-0.2, -0.15) is 0 Å². The lowest BCUT2D eigenvalue weighted by Gasteiger charge is -2.22. The van der Waals surface area contributed by atoms with Gasteiger partial charge in [-0.25, -0.2) is 4.98 Å². The summed E-state index contributed by atoms with van der Waals surface area (Å²) >= 11 is 1.76. The van der Waals surface area contributed by atoms with E-state index in [9.17, 15) is 0 Å². The van der Waals surface area contributed by atoms with Gasteiger partial charge in [0, 0.05) is 29.4 Å². The highest BCUT2D eigenvalue weighted by molar-refractivity contribution is 7.17. The van der Waals surface area contributed by atoms with E-state index >= 15 is 0 Å². The molecule has 3 heterocycles. The van der Waals surface area contributed by atoms with Crippen LogP contribution >= 0.6 is 11.3 Å². The summed E-state index contributed by atoms with van der Waals surface area (Å²) in [7, 11) is 0. The quantitative estimate of drug-likeness (QED) is 0.913. The van der Waals surface area contributed by atoms with Gasteiger partial charge < -0.3 is 10.1 Å². The number of thiophene rings is 1. The fourth-order valence-electron chi connectivity index (χ4n) is 2.42. The van der Waals surface area contributed by atoms with E-state index in [4.69, 9.17) is 4.74 Å². The van der Waals surface area contributed by atoms with Gasteiger partial charge in [0.1, 0.15) is 5.82 Å². The molecule has 4 heteroatoms. The molecule has 0 radical (unpaired) electrons. The molecule has 0 amide bonds. The van der Waals surface area contributed by atoms with Crippen molar-refractivity contribution in [1.29, 1.82) is 0 Å². The summed E-state index contributed by atoms with van der Waals surface area (Å²) in [4.78, 5) is 4.42. The summed E-state index contributed by atoms with van der Waals surface area (Å²) in [5.74, 6) is 1.00. The second-order valence-corrected chi connectivity index (χ2v) is 5.64. The Labute approximate surface area is 111 Å². The first-order chi connectivity index (χ1) is 8.93.